The van der Waals surface area contributed by atoms with Crippen LogP contribution >= 0.6 is 0 Å². The SMILES string of the molecule is C=CCNC(=O)CN1C2CCC1c1cnc(N3CCOCC3)nc1C2. The van der Waals surface area contributed by atoms with E-state index >= 15 is 0 Å². The van der Waals surface area contributed by atoms with Crippen molar-refractivity contribution in [2.45, 2.75) is 31.3 Å². The molecule has 0 spiro atoms. The molecule has 4 rings (SSSR count). The summed E-state index contributed by atoms with van der Waals surface area (Å²) in [4.78, 5) is 26.1. The lowest BCUT2D eigenvalue weighted by Crippen LogP contribution is -2.44. The number of nitrogens with zero attached hydrogens (tertiary/aromatic N) is 4. The Hall–Kier alpha value is -1.99. The number of carbonyl (C=O) groups is 1. The van der Waals surface area contributed by atoms with Gasteiger partial charge in [0.1, 0.15) is 0 Å². The molecule has 1 aromatic rings. The lowest BCUT2D eigenvalue weighted by Gasteiger charge is -2.35. The van der Waals surface area contributed by atoms with Crippen LogP contribution in [0.3, 0.4) is 0 Å². The van der Waals surface area contributed by atoms with Crippen LogP contribution in [0.25, 0.3) is 0 Å². The van der Waals surface area contributed by atoms with Crippen LogP contribution in [-0.2, 0) is 16.0 Å². The maximum absolute atomic E-state index is 12.1. The molecule has 7 heteroatoms. The number of aromatic nitrogens is 2. The molecule has 1 N–H and O–H groups in total. The van der Waals surface area contributed by atoms with Crippen molar-refractivity contribution >= 4 is 11.9 Å². The third-order valence-corrected chi connectivity index (χ3v) is 5.38. The maximum Gasteiger partial charge on any atom is 0.234 e. The Bertz CT molecular complexity index is 659. The van der Waals surface area contributed by atoms with E-state index in [2.05, 4.69) is 26.7 Å². The van der Waals surface area contributed by atoms with Crippen molar-refractivity contribution in [3.05, 3.63) is 30.1 Å². The number of hydrogen-bond acceptors (Lipinski definition) is 6. The van der Waals surface area contributed by atoms with Gasteiger partial charge in [-0.1, -0.05) is 6.08 Å². The number of ether oxygens (including phenoxy) is 1. The summed E-state index contributed by atoms with van der Waals surface area (Å²) in [5, 5.41) is 2.88. The molecule has 2 fully saturated rings. The van der Waals surface area contributed by atoms with Crippen molar-refractivity contribution in [3.63, 3.8) is 0 Å². The molecule has 0 radical (unpaired) electrons. The normalized spacial score (nSPS) is 25.5. The number of hydrogen-bond donors (Lipinski definition) is 1. The lowest BCUT2D eigenvalue weighted by molar-refractivity contribution is -0.122. The van der Waals surface area contributed by atoms with Gasteiger partial charge in [-0.2, -0.15) is 0 Å². The summed E-state index contributed by atoms with van der Waals surface area (Å²) in [7, 11) is 0. The van der Waals surface area contributed by atoms with Gasteiger partial charge in [-0.25, -0.2) is 9.97 Å². The Labute approximate surface area is 148 Å². The van der Waals surface area contributed by atoms with E-state index < -0.39 is 0 Å². The Morgan fingerprint density at radius 3 is 3.04 bits per heavy atom. The van der Waals surface area contributed by atoms with Crippen molar-refractivity contribution in [3.8, 4) is 0 Å². The second-order valence-corrected chi connectivity index (χ2v) is 6.89. The average Bonchev–Trinajstić information content (AvgIpc) is 2.92. The van der Waals surface area contributed by atoms with Crippen LogP contribution in [0.2, 0.25) is 0 Å². The number of carbonyl (C=O) groups excluding carboxylic acids is 1. The van der Waals surface area contributed by atoms with Gasteiger partial charge in [-0.05, 0) is 12.8 Å². The number of fused-ring (bicyclic) bond motifs is 4. The molecule has 2 saturated heterocycles. The third-order valence-electron chi connectivity index (χ3n) is 5.38. The first-order chi connectivity index (χ1) is 12.3. The minimum atomic E-state index is 0.0612. The molecule has 1 amide bonds. The van der Waals surface area contributed by atoms with E-state index in [9.17, 15) is 4.79 Å². The molecule has 0 aliphatic carbocycles. The molecule has 4 heterocycles. The standard InChI is InChI=1S/C18H25N5O2/c1-2-5-19-17(24)12-23-13-3-4-16(23)14-11-20-18(21-15(14)10-13)22-6-8-25-9-7-22/h2,11,13,16H,1,3-10,12H2,(H,19,24). The van der Waals surface area contributed by atoms with Gasteiger partial charge in [-0.3, -0.25) is 9.69 Å². The molecule has 2 unspecified atom stereocenters. The Balaban J connectivity index is 1.50. The number of nitrogens with one attached hydrogen (secondary N) is 1. The van der Waals surface area contributed by atoms with Gasteiger partial charge in [0, 0.05) is 49.9 Å². The van der Waals surface area contributed by atoms with E-state index in [1.165, 1.54) is 5.56 Å². The molecule has 0 saturated carbocycles. The number of rotatable bonds is 5. The summed E-state index contributed by atoms with van der Waals surface area (Å²) < 4.78 is 5.41. The largest absolute Gasteiger partial charge is 0.378 e. The fourth-order valence-corrected chi connectivity index (χ4v) is 4.13. The zero-order valence-corrected chi connectivity index (χ0v) is 14.5. The molecular weight excluding hydrogens is 318 g/mol. The van der Waals surface area contributed by atoms with E-state index in [0.29, 0.717) is 19.1 Å². The Morgan fingerprint density at radius 1 is 1.40 bits per heavy atom. The fraction of sp³-hybridized carbons (Fsp3) is 0.611. The van der Waals surface area contributed by atoms with Crippen LogP contribution in [0.4, 0.5) is 5.95 Å². The maximum atomic E-state index is 12.1. The van der Waals surface area contributed by atoms with Gasteiger partial charge < -0.3 is 15.0 Å². The molecule has 25 heavy (non-hydrogen) atoms. The summed E-state index contributed by atoms with van der Waals surface area (Å²) in [6.07, 6.45) is 6.78. The molecule has 1 aromatic heterocycles. The average molecular weight is 343 g/mol. The van der Waals surface area contributed by atoms with Gasteiger partial charge in [0.25, 0.3) is 0 Å². The molecule has 0 aromatic carbocycles. The minimum absolute atomic E-state index is 0.0612. The molecular formula is C18H25N5O2. The summed E-state index contributed by atoms with van der Waals surface area (Å²) in [5.74, 6) is 0.879. The number of morpholine rings is 1. The first kappa shape index (κ1) is 16.5. The second-order valence-electron chi connectivity index (χ2n) is 6.89. The smallest absolute Gasteiger partial charge is 0.234 e. The first-order valence-corrected chi connectivity index (χ1v) is 9.08. The van der Waals surface area contributed by atoms with Gasteiger partial charge in [0.15, 0.2) is 0 Å². The predicted octanol–water partition coefficient (Wildman–Crippen LogP) is 0.677. The molecule has 134 valence electrons. The van der Waals surface area contributed by atoms with Crippen LogP contribution in [0.15, 0.2) is 18.9 Å². The van der Waals surface area contributed by atoms with Crippen molar-refractivity contribution in [2.24, 2.45) is 0 Å². The van der Waals surface area contributed by atoms with Crippen LogP contribution in [0.5, 0.6) is 0 Å². The van der Waals surface area contributed by atoms with Gasteiger partial charge >= 0.3 is 0 Å². The monoisotopic (exact) mass is 343 g/mol. The zero-order chi connectivity index (χ0) is 17.2. The highest BCUT2D eigenvalue weighted by molar-refractivity contribution is 5.78. The molecule has 3 aliphatic rings. The third kappa shape index (κ3) is 3.26. The van der Waals surface area contributed by atoms with Crippen molar-refractivity contribution < 1.29 is 9.53 Å². The second kappa shape index (κ2) is 7.09. The van der Waals surface area contributed by atoms with Crippen molar-refractivity contribution in [2.75, 3.05) is 44.3 Å². The summed E-state index contributed by atoms with van der Waals surface area (Å²) in [5.41, 5.74) is 2.36. The van der Waals surface area contributed by atoms with Gasteiger partial charge in [0.05, 0.1) is 25.5 Å². The van der Waals surface area contributed by atoms with Crippen LogP contribution in [-0.4, -0.2) is 66.2 Å². The van der Waals surface area contributed by atoms with E-state index in [4.69, 9.17) is 9.72 Å². The minimum Gasteiger partial charge on any atom is -0.378 e. The highest BCUT2D eigenvalue weighted by Gasteiger charge is 2.41. The summed E-state index contributed by atoms with van der Waals surface area (Å²) in [6.45, 7) is 7.77. The van der Waals surface area contributed by atoms with Gasteiger partial charge in [-0.15, -0.1) is 6.58 Å². The Kier molecular flexibility index (Phi) is 4.67. The van der Waals surface area contributed by atoms with Crippen molar-refractivity contribution in [1.82, 2.24) is 20.2 Å². The van der Waals surface area contributed by atoms with Gasteiger partial charge in [0.2, 0.25) is 11.9 Å². The molecule has 2 bridgehead atoms. The predicted molar refractivity (Wildman–Crippen MR) is 94.4 cm³/mol. The first-order valence-electron chi connectivity index (χ1n) is 9.08. The molecule has 7 nitrogen and oxygen atoms in total. The number of anilines is 1. The van der Waals surface area contributed by atoms with Crippen LogP contribution in [0, 0.1) is 0 Å². The fourth-order valence-electron chi connectivity index (χ4n) is 4.13. The quantitative estimate of drug-likeness (QED) is 0.793. The molecule has 3 aliphatic heterocycles. The van der Waals surface area contributed by atoms with Crippen LogP contribution in [0.1, 0.15) is 30.1 Å². The van der Waals surface area contributed by atoms with E-state index in [1.54, 1.807) is 6.08 Å². The highest BCUT2D eigenvalue weighted by atomic mass is 16.5. The van der Waals surface area contributed by atoms with Crippen molar-refractivity contribution in [1.29, 1.82) is 0 Å². The number of amides is 1. The zero-order valence-electron chi connectivity index (χ0n) is 14.5. The summed E-state index contributed by atoms with van der Waals surface area (Å²) >= 11 is 0. The van der Waals surface area contributed by atoms with E-state index in [0.717, 1.165) is 57.2 Å². The molecule has 2 atom stereocenters. The van der Waals surface area contributed by atoms with Crippen LogP contribution < -0.4 is 10.2 Å². The Morgan fingerprint density at radius 2 is 2.24 bits per heavy atom. The lowest BCUT2D eigenvalue weighted by atomic mass is 9.99. The van der Waals surface area contributed by atoms with E-state index in [-0.39, 0.29) is 11.9 Å². The summed E-state index contributed by atoms with van der Waals surface area (Å²) in [6, 6.07) is 0.668. The topological polar surface area (TPSA) is 70.6 Å². The highest BCUT2D eigenvalue weighted by Crippen LogP contribution is 2.42. The van der Waals surface area contributed by atoms with E-state index in [1.807, 2.05) is 6.20 Å².